The van der Waals surface area contributed by atoms with Gasteiger partial charge in [0.25, 0.3) is 0 Å². The summed E-state index contributed by atoms with van der Waals surface area (Å²) in [5.41, 5.74) is -0.228. The van der Waals surface area contributed by atoms with Crippen LogP contribution in [0.1, 0.15) is 47.0 Å². The lowest BCUT2D eigenvalue weighted by Crippen LogP contribution is -2.49. The van der Waals surface area contributed by atoms with Crippen LogP contribution in [0.25, 0.3) is 0 Å². The topological polar surface area (TPSA) is 41.1 Å². The van der Waals surface area contributed by atoms with E-state index in [0.29, 0.717) is 12.1 Å². The van der Waals surface area contributed by atoms with Crippen LogP contribution in [0.5, 0.6) is 0 Å². The first-order valence-electron chi connectivity index (χ1n) is 6.00. The van der Waals surface area contributed by atoms with Gasteiger partial charge in [-0.15, -0.1) is 0 Å². The minimum Gasteiger partial charge on any atom is -0.353 e. The minimum atomic E-state index is -0.228. The lowest BCUT2D eigenvalue weighted by atomic mass is 9.88. The fraction of sp³-hybridized carbons (Fsp3) is 0.917. The zero-order valence-electron chi connectivity index (χ0n) is 10.4. The van der Waals surface area contributed by atoms with Crippen molar-refractivity contribution >= 4 is 5.91 Å². The van der Waals surface area contributed by atoms with E-state index in [2.05, 4.69) is 24.5 Å². The molecule has 2 N–H and O–H groups in total. The summed E-state index contributed by atoms with van der Waals surface area (Å²) in [7, 11) is 0. The van der Waals surface area contributed by atoms with Gasteiger partial charge in [0, 0.05) is 17.5 Å². The van der Waals surface area contributed by atoms with E-state index >= 15 is 0 Å². The number of hydrogen-bond donors (Lipinski definition) is 2. The second-order valence-electron chi connectivity index (χ2n) is 5.29. The van der Waals surface area contributed by atoms with Gasteiger partial charge in [-0.05, 0) is 32.7 Å². The van der Waals surface area contributed by atoms with Crippen molar-refractivity contribution in [3.63, 3.8) is 0 Å². The summed E-state index contributed by atoms with van der Waals surface area (Å²) in [6.45, 7) is 9.26. The number of nitrogens with one attached hydrogen (secondary N) is 2. The molecule has 1 saturated heterocycles. The molecule has 1 heterocycles. The third-order valence-corrected chi connectivity index (χ3v) is 3.46. The molecule has 0 aliphatic carbocycles. The highest BCUT2D eigenvalue weighted by molar-refractivity contribution is 5.82. The fourth-order valence-electron chi connectivity index (χ4n) is 1.80. The van der Waals surface area contributed by atoms with Crippen molar-refractivity contribution in [2.24, 2.45) is 5.41 Å². The predicted molar refractivity (Wildman–Crippen MR) is 62.7 cm³/mol. The molecule has 1 fully saturated rings. The van der Waals surface area contributed by atoms with Crippen molar-refractivity contribution in [3.8, 4) is 0 Å². The molecule has 0 spiro atoms. The van der Waals surface area contributed by atoms with Gasteiger partial charge in [-0.1, -0.05) is 20.8 Å². The lowest BCUT2D eigenvalue weighted by Gasteiger charge is -2.31. The zero-order chi connectivity index (χ0) is 11.5. The average Bonchev–Trinajstić information content (AvgIpc) is 2.17. The average molecular weight is 212 g/mol. The molecule has 88 valence electrons. The number of piperidine rings is 1. The minimum absolute atomic E-state index is 0.198. The van der Waals surface area contributed by atoms with Crippen LogP contribution in [0, 0.1) is 5.41 Å². The van der Waals surface area contributed by atoms with Gasteiger partial charge in [0.1, 0.15) is 0 Å². The molecule has 2 unspecified atom stereocenters. The molecule has 0 radical (unpaired) electrons. The number of rotatable bonds is 3. The van der Waals surface area contributed by atoms with E-state index in [1.165, 1.54) is 0 Å². The Hall–Kier alpha value is -0.570. The Bertz CT molecular complexity index is 226. The van der Waals surface area contributed by atoms with Crippen LogP contribution in [-0.4, -0.2) is 24.5 Å². The van der Waals surface area contributed by atoms with Crippen molar-refractivity contribution in [3.05, 3.63) is 0 Å². The normalized spacial score (nSPS) is 27.5. The van der Waals surface area contributed by atoms with Gasteiger partial charge in [0.05, 0.1) is 0 Å². The third kappa shape index (κ3) is 3.49. The van der Waals surface area contributed by atoms with Gasteiger partial charge >= 0.3 is 0 Å². The summed E-state index contributed by atoms with van der Waals surface area (Å²) < 4.78 is 0. The van der Waals surface area contributed by atoms with Crippen molar-refractivity contribution in [1.82, 2.24) is 10.6 Å². The second kappa shape index (κ2) is 4.97. The van der Waals surface area contributed by atoms with Gasteiger partial charge in [0.15, 0.2) is 0 Å². The van der Waals surface area contributed by atoms with E-state index in [0.717, 1.165) is 25.8 Å². The molecule has 0 aromatic heterocycles. The van der Waals surface area contributed by atoms with E-state index in [-0.39, 0.29) is 11.3 Å². The fourth-order valence-corrected chi connectivity index (χ4v) is 1.80. The van der Waals surface area contributed by atoms with E-state index in [9.17, 15) is 4.79 Å². The molecule has 15 heavy (non-hydrogen) atoms. The van der Waals surface area contributed by atoms with Gasteiger partial charge in [0.2, 0.25) is 5.91 Å². The molecular weight excluding hydrogens is 188 g/mol. The predicted octanol–water partition coefficient (Wildman–Crippen LogP) is 1.68. The Labute approximate surface area is 93.0 Å². The largest absolute Gasteiger partial charge is 0.353 e. The highest BCUT2D eigenvalue weighted by Crippen LogP contribution is 2.20. The second-order valence-corrected chi connectivity index (χ2v) is 5.29. The number of amides is 1. The van der Waals surface area contributed by atoms with Crippen LogP contribution in [-0.2, 0) is 4.79 Å². The quantitative estimate of drug-likeness (QED) is 0.747. The van der Waals surface area contributed by atoms with Crippen LogP contribution >= 0.6 is 0 Å². The molecule has 0 saturated carbocycles. The van der Waals surface area contributed by atoms with Crippen LogP contribution in [0.4, 0.5) is 0 Å². The monoisotopic (exact) mass is 212 g/mol. The summed E-state index contributed by atoms with van der Waals surface area (Å²) in [5, 5.41) is 6.55. The molecule has 1 amide bonds. The maximum Gasteiger partial charge on any atom is 0.225 e. The first-order chi connectivity index (χ1) is 6.95. The molecule has 1 rings (SSSR count). The van der Waals surface area contributed by atoms with Gasteiger partial charge in [-0.2, -0.15) is 0 Å². The van der Waals surface area contributed by atoms with Crippen molar-refractivity contribution in [2.45, 2.75) is 59.0 Å². The molecule has 2 atom stereocenters. The Morgan fingerprint density at radius 2 is 2.20 bits per heavy atom. The summed E-state index contributed by atoms with van der Waals surface area (Å²) >= 11 is 0. The Kier molecular flexibility index (Phi) is 4.14. The zero-order valence-corrected chi connectivity index (χ0v) is 10.4. The first kappa shape index (κ1) is 12.5. The maximum atomic E-state index is 11.9. The SMILES string of the molecule is CCC(C)(C)C(=O)NC1CCNC(C)C1. The summed E-state index contributed by atoms with van der Waals surface area (Å²) in [6.07, 6.45) is 2.99. The van der Waals surface area contributed by atoms with Crippen molar-refractivity contribution in [2.75, 3.05) is 6.54 Å². The Morgan fingerprint density at radius 1 is 1.53 bits per heavy atom. The number of carbonyl (C=O) groups is 1. The lowest BCUT2D eigenvalue weighted by molar-refractivity contribution is -0.130. The molecule has 1 aliphatic rings. The molecule has 0 bridgehead atoms. The maximum absolute atomic E-state index is 11.9. The molecule has 0 aromatic rings. The molecule has 3 nitrogen and oxygen atoms in total. The molecule has 3 heteroatoms. The van der Waals surface area contributed by atoms with Gasteiger partial charge < -0.3 is 10.6 Å². The number of hydrogen-bond acceptors (Lipinski definition) is 2. The number of carbonyl (C=O) groups excluding carboxylic acids is 1. The van der Waals surface area contributed by atoms with Crippen molar-refractivity contribution < 1.29 is 4.79 Å². The van der Waals surface area contributed by atoms with E-state index < -0.39 is 0 Å². The summed E-state index contributed by atoms with van der Waals surface area (Å²) in [4.78, 5) is 11.9. The Morgan fingerprint density at radius 3 is 2.73 bits per heavy atom. The van der Waals surface area contributed by atoms with E-state index in [4.69, 9.17) is 0 Å². The van der Waals surface area contributed by atoms with Crippen LogP contribution < -0.4 is 10.6 Å². The van der Waals surface area contributed by atoms with Crippen LogP contribution in [0.3, 0.4) is 0 Å². The van der Waals surface area contributed by atoms with Crippen molar-refractivity contribution in [1.29, 1.82) is 0 Å². The highest BCUT2D eigenvalue weighted by Gasteiger charge is 2.28. The highest BCUT2D eigenvalue weighted by atomic mass is 16.2. The standard InChI is InChI=1S/C12H24N2O/c1-5-12(3,4)11(15)14-10-6-7-13-9(2)8-10/h9-10,13H,5-8H2,1-4H3,(H,14,15). The first-order valence-corrected chi connectivity index (χ1v) is 6.00. The van der Waals surface area contributed by atoms with Crippen LogP contribution in [0.2, 0.25) is 0 Å². The van der Waals surface area contributed by atoms with Crippen LogP contribution in [0.15, 0.2) is 0 Å². The van der Waals surface area contributed by atoms with E-state index in [1.54, 1.807) is 0 Å². The summed E-state index contributed by atoms with van der Waals surface area (Å²) in [6, 6.07) is 0.883. The molecular formula is C12H24N2O. The molecule has 1 aliphatic heterocycles. The molecule has 0 aromatic carbocycles. The van der Waals surface area contributed by atoms with E-state index in [1.807, 2.05) is 13.8 Å². The summed E-state index contributed by atoms with van der Waals surface area (Å²) in [5.74, 6) is 0.198. The van der Waals surface area contributed by atoms with Gasteiger partial charge in [-0.25, -0.2) is 0 Å². The Balaban J connectivity index is 2.44. The third-order valence-electron chi connectivity index (χ3n) is 3.46. The smallest absolute Gasteiger partial charge is 0.225 e. The van der Waals surface area contributed by atoms with Gasteiger partial charge in [-0.3, -0.25) is 4.79 Å².